The molecule has 100 valence electrons. The molecule has 1 N–H and O–H groups in total. The number of benzene rings is 1. The average molecular weight is 265 g/mol. The fraction of sp³-hybridized carbons (Fsp3) is 0.0667. The van der Waals surface area contributed by atoms with Gasteiger partial charge in [0.2, 0.25) is 0 Å². The predicted octanol–water partition coefficient (Wildman–Crippen LogP) is 2.78. The molecule has 0 bridgehead atoms. The molecule has 0 fully saturated rings. The molecule has 5 nitrogen and oxygen atoms in total. The fourth-order valence-corrected chi connectivity index (χ4v) is 1.95. The largest absolute Gasteiger partial charge is 0.381 e. The highest BCUT2D eigenvalue weighted by molar-refractivity contribution is 5.51. The Hall–Kier alpha value is -2.82. The Balaban J connectivity index is 1.71. The highest BCUT2D eigenvalue weighted by Crippen LogP contribution is 2.14. The second-order valence-corrected chi connectivity index (χ2v) is 4.37. The molecule has 0 unspecified atom stereocenters. The van der Waals surface area contributed by atoms with Crippen LogP contribution in [0.3, 0.4) is 0 Å². The van der Waals surface area contributed by atoms with Crippen molar-refractivity contribution in [1.29, 1.82) is 0 Å². The zero-order chi connectivity index (χ0) is 13.8. The van der Waals surface area contributed by atoms with Crippen molar-refractivity contribution in [2.75, 3.05) is 5.32 Å². The van der Waals surface area contributed by atoms with Gasteiger partial charge in [0, 0.05) is 42.6 Å². The first-order valence-corrected chi connectivity index (χ1v) is 6.35. The molecule has 0 aliphatic rings. The van der Waals surface area contributed by atoms with Crippen LogP contribution < -0.4 is 5.32 Å². The molecule has 3 aromatic rings. The molecule has 0 aliphatic carbocycles. The van der Waals surface area contributed by atoms with Crippen molar-refractivity contribution in [2.45, 2.75) is 6.54 Å². The van der Waals surface area contributed by atoms with Gasteiger partial charge in [-0.2, -0.15) is 10.2 Å². The first-order chi connectivity index (χ1) is 9.85. The molecule has 0 radical (unpaired) electrons. The topological polar surface area (TPSA) is 47.7 Å². The Labute approximate surface area is 117 Å². The van der Waals surface area contributed by atoms with E-state index in [1.165, 1.54) is 0 Å². The Bertz CT molecular complexity index is 697. The van der Waals surface area contributed by atoms with Gasteiger partial charge in [0.05, 0.1) is 11.9 Å². The van der Waals surface area contributed by atoms with Crippen LogP contribution in [0.1, 0.15) is 5.56 Å². The summed E-state index contributed by atoms with van der Waals surface area (Å²) in [6.45, 7) is 4.39. The van der Waals surface area contributed by atoms with Crippen LogP contribution in [0.25, 0.3) is 11.9 Å². The molecule has 0 aliphatic heterocycles. The quantitative estimate of drug-likeness (QED) is 0.771. The van der Waals surface area contributed by atoms with E-state index >= 15 is 0 Å². The summed E-state index contributed by atoms with van der Waals surface area (Å²) in [5.41, 5.74) is 3.18. The van der Waals surface area contributed by atoms with E-state index in [4.69, 9.17) is 0 Å². The van der Waals surface area contributed by atoms with Gasteiger partial charge in [-0.15, -0.1) is 0 Å². The Morgan fingerprint density at radius 2 is 2.20 bits per heavy atom. The average Bonchev–Trinajstić information content (AvgIpc) is 3.17. The van der Waals surface area contributed by atoms with Crippen molar-refractivity contribution in [3.05, 3.63) is 67.3 Å². The molecule has 2 aromatic heterocycles. The molecule has 5 heteroatoms. The highest BCUT2D eigenvalue weighted by Gasteiger charge is 2.00. The van der Waals surface area contributed by atoms with Gasteiger partial charge in [0.1, 0.15) is 0 Å². The molecule has 20 heavy (non-hydrogen) atoms. The van der Waals surface area contributed by atoms with Crippen molar-refractivity contribution < 1.29 is 0 Å². The number of aromatic nitrogens is 4. The Kier molecular flexibility index (Phi) is 3.33. The lowest BCUT2D eigenvalue weighted by Gasteiger charge is -2.07. The molecule has 3 rings (SSSR count). The van der Waals surface area contributed by atoms with Gasteiger partial charge in [-0.3, -0.25) is 0 Å². The maximum absolute atomic E-state index is 4.22. The lowest BCUT2D eigenvalue weighted by Crippen LogP contribution is -2.00. The van der Waals surface area contributed by atoms with Crippen LogP contribution in [0.15, 0.2) is 61.7 Å². The summed E-state index contributed by atoms with van der Waals surface area (Å²) in [7, 11) is 0. The summed E-state index contributed by atoms with van der Waals surface area (Å²) in [5, 5.41) is 11.7. The van der Waals surface area contributed by atoms with Crippen LogP contribution in [0.5, 0.6) is 0 Å². The van der Waals surface area contributed by atoms with Gasteiger partial charge in [0.15, 0.2) is 0 Å². The van der Waals surface area contributed by atoms with E-state index in [0.717, 1.165) is 23.5 Å². The monoisotopic (exact) mass is 265 g/mol. The number of nitrogens with one attached hydrogen (secondary N) is 1. The van der Waals surface area contributed by atoms with Gasteiger partial charge in [-0.1, -0.05) is 12.6 Å². The lowest BCUT2D eigenvalue weighted by molar-refractivity contribution is 0.880. The molecule has 2 heterocycles. The minimum Gasteiger partial charge on any atom is -0.381 e. The fourth-order valence-electron chi connectivity index (χ4n) is 1.95. The summed E-state index contributed by atoms with van der Waals surface area (Å²) in [6.07, 6.45) is 9.13. The zero-order valence-corrected chi connectivity index (χ0v) is 11.0. The highest BCUT2D eigenvalue weighted by atomic mass is 15.3. The molecule has 0 saturated heterocycles. The lowest BCUT2D eigenvalue weighted by atomic mass is 10.2. The number of hydrogen-bond donors (Lipinski definition) is 1. The van der Waals surface area contributed by atoms with Gasteiger partial charge in [-0.25, -0.2) is 9.36 Å². The van der Waals surface area contributed by atoms with E-state index in [2.05, 4.69) is 28.2 Å². The third kappa shape index (κ3) is 2.61. The Morgan fingerprint density at radius 1 is 1.25 bits per heavy atom. The second kappa shape index (κ2) is 5.44. The normalized spacial score (nSPS) is 10.4. The van der Waals surface area contributed by atoms with Crippen LogP contribution in [0, 0.1) is 0 Å². The summed E-state index contributed by atoms with van der Waals surface area (Å²) in [4.78, 5) is 0. The van der Waals surface area contributed by atoms with Gasteiger partial charge < -0.3 is 5.32 Å². The summed E-state index contributed by atoms with van der Waals surface area (Å²) in [5.74, 6) is 0. The van der Waals surface area contributed by atoms with Crippen LogP contribution in [-0.2, 0) is 6.54 Å². The number of hydrogen-bond acceptors (Lipinski definition) is 3. The smallest absolute Gasteiger partial charge is 0.0666 e. The molecule has 0 spiro atoms. The SMILES string of the molecule is C=Cn1cc(CNc2cccc(-n3cccn3)c2)cn1. The maximum atomic E-state index is 4.22. The third-order valence-corrected chi connectivity index (χ3v) is 2.95. The van der Waals surface area contributed by atoms with E-state index in [9.17, 15) is 0 Å². The van der Waals surface area contributed by atoms with Gasteiger partial charge in [-0.05, 0) is 24.3 Å². The second-order valence-electron chi connectivity index (χ2n) is 4.37. The predicted molar refractivity (Wildman–Crippen MR) is 79.5 cm³/mol. The molecule has 0 saturated carbocycles. The number of anilines is 1. The van der Waals surface area contributed by atoms with Crippen molar-refractivity contribution in [3.8, 4) is 5.69 Å². The van der Waals surface area contributed by atoms with Crippen LogP contribution in [-0.4, -0.2) is 19.6 Å². The number of nitrogens with zero attached hydrogens (tertiary/aromatic N) is 4. The van der Waals surface area contributed by atoms with Crippen molar-refractivity contribution in [1.82, 2.24) is 19.6 Å². The van der Waals surface area contributed by atoms with E-state index < -0.39 is 0 Å². The van der Waals surface area contributed by atoms with Crippen molar-refractivity contribution in [2.24, 2.45) is 0 Å². The van der Waals surface area contributed by atoms with Crippen molar-refractivity contribution >= 4 is 11.9 Å². The first kappa shape index (κ1) is 12.2. The van der Waals surface area contributed by atoms with E-state index in [0.29, 0.717) is 0 Å². The molecule has 0 amide bonds. The van der Waals surface area contributed by atoms with Gasteiger partial charge >= 0.3 is 0 Å². The first-order valence-electron chi connectivity index (χ1n) is 6.35. The molecule has 0 atom stereocenters. The maximum Gasteiger partial charge on any atom is 0.0666 e. The summed E-state index contributed by atoms with van der Waals surface area (Å²) in [6, 6.07) is 10.0. The van der Waals surface area contributed by atoms with Crippen LogP contribution >= 0.6 is 0 Å². The third-order valence-electron chi connectivity index (χ3n) is 2.95. The van der Waals surface area contributed by atoms with Crippen LogP contribution in [0.4, 0.5) is 5.69 Å². The minimum atomic E-state index is 0.719. The molecular weight excluding hydrogens is 250 g/mol. The van der Waals surface area contributed by atoms with E-state index in [1.54, 1.807) is 17.1 Å². The van der Waals surface area contributed by atoms with E-state index in [1.807, 2.05) is 47.5 Å². The van der Waals surface area contributed by atoms with Gasteiger partial charge in [0.25, 0.3) is 0 Å². The molecular formula is C15H15N5. The van der Waals surface area contributed by atoms with Crippen LogP contribution in [0.2, 0.25) is 0 Å². The summed E-state index contributed by atoms with van der Waals surface area (Å²) >= 11 is 0. The number of rotatable bonds is 5. The summed E-state index contributed by atoms with van der Waals surface area (Å²) < 4.78 is 3.53. The minimum absolute atomic E-state index is 0.719. The zero-order valence-electron chi connectivity index (χ0n) is 11.0. The standard InChI is InChI=1S/C15H15N5/c1-2-19-12-13(11-18-19)10-16-14-5-3-6-15(9-14)20-8-4-7-17-20/h2-9,11-12,16H,1,10H2. The van der Waals surface area contributed by atoms with E-state index in [-0.39, 0.29) is 0 Å². The molecule has 1 aromatic carbocycles. The van der Waals surface area contributed by atoms with Crippen molar-refractivity contribution in [3.63, 3.8) is 0 Å². The Morgan fingerprint density at radius 3 is 2.95 bits per heavy atom.